The SMILES string of the molecule is CC(C)(C)c1cc(C(C)(C)C)c(C(C)(C)C)cc1OP(=O)(O)O. The number of phosphoric acid groups is 1. The molecule has 0 aliphatic heterocycles. The van der Waals surface area contributed by atoms with Crippen molar-refractivity contribution in [3.8, 4) is 5.75 Å². The highest BCUT2D eigenvalue weighted by Gasteiger charge is 2.32. The van der Waals surface area contributed by atoms with Gasteiger partial charge in [0.2, 0.25) is 0 Å². The van der Waals surface area contributed by atoms with Crippen LogP contribution < -0.4 is 4.52 Å². The molecular formula is C18H31O4P. The van der Waals surface area contributed by atoms with Crippen LogP contribution in [0.15, 0.2) is 12.1 Å². The zero-order chi connectivity index (χ0) is 18.4. The minimum Gasteiger partial charge on any atom is -0.404 e. The van der Waals surface area contributed by atoms with Gasteiger partial charge in [0.15, 0.2) is 0 Å². The molecule has 0 aliphatic rings. The third-order valence-corrected chi connectivity index (χ3v) is 4.20. The molecule has 132 valence electrons. The van der Waals surface area contributed by atoms with Crippen molar-refractivity contribution >= 4 is 7.82 Å². The third kappa shape index (κ3) is 5.34. The normalized spacial score (nSPS) is 14.0. The molecule has 23 heavy (non-hydrogen) atoms. The van der Waals surface area contributed by atoms with Crippen LogP contribution in [0.1, 0.15) is 79.0 Å². The molecule has 0 radical (unpaired) electrons. The molecule has 0 unspecified atom stereocenters. The van der Waals surface area contributed by atoms with Gasteiger partial charge < -0.3 is 4.52 Å². The van der Waals surface area contributed by atoms with Gasteiger partial charge in [0, 0.05) is 5.56 Å². The van der Waals surface area contributed by atoms with E-state index >= 15 is 0 Å². The predicted molar refractivity (Wildman–Crippen MR) is 95.2 cm³/mol. The second-order valence-corrected chi connectivity index (χ2v) is 10.4. The zero-order valence-corrected chi connectivity index (χ0v) is 16.7. The third-order valence-electron chi connectivity index (χ3n) is 3.76. The van der Waals surface area contributed by atoms with E-state index in [2.05, 4.69) is 41.5 Å². The van der Waals surface area contributed by atoms with E-state index in [9.17, 15) is 14.4 Å². The molecule has 0 atom stereocenters. The van der Waals surface area contributed by atoms with Crippen LogP contribution in [0.25, 0.3) is 0 Å². The summed E-state index contributed by atoms with van der Waals surface area (Å²) in [7, 11) is -4.61. The van der Waals surface area contributed by atoms with Crippen LogP contribution in [0.3, 0.4) is 0 Å². The van der Waals surface area contributed by atoms with Crippen molar-refractivity contribution in [3.63, 3.8) is 0 Å². The Morgan fingerprint density at radius 1 is 0.739 bits per heavy atom. The fraction of sp³-hybridized carbons (Fsp3) is 0.667. The lowest BCUT2D eigenvalue weighted by Gasteiger charge is -2.34. The Morgan fingerprint density at radius 3 is 1.39 bits per heavy atom. The smallest absolute Gasteiger partial charge is 0.404 e. The minimum absolute atomic E-state index is 0.0801. The molecule has 0 aromatic heterocycles. The average molecular weight is 342 g/mol. The van der Waals surface area contributed by atoms with E-state index in [0.29, 0.717) is 0 Å². The Balaban J connectivity index is 3.80. The van der Waals surface area contributed by atoms with Crippen LogP contribution in [-0.2, 0) is 20.8 Å². The van der Waals surface area contributed by atoms with Crippen molar-refractivity contribution in [1.82, 2.24) is 0 Å². The van der Waals surface area contributed by atoms with E-state index in [1.165, 1.54) is 5.56 Å². The molecule has 1 rings (SSSR count). The van der Waals surface area contributed by atoms with Crippen LogP contribution in [0.5, 0.6) is 5.75 Å². The van der Waals surface area contributed by atoms with Gasteiger partial charge in [-0.05, 0) is 33.4 Å². The summed E-state index contributed by atoms with van der Waals surface area (Å²) in [6, 6.07) is 3.85. The van der Waals surface area contributed by atoms with Crippen LogP contribution in [-0.4, -0.2) is 9.79 Å². The highest BCUT2D eigenvalue weighted by molar-refractivity contribution is 7.46. The number of hydrogen-bond acceptors (Lipinski definition) is 2. The first kappa shape index (κ1) is 20.2. The molecule has 1 aromatic carbocycles. The van der Waals surface area contributed by atoms with Crippen LogP contribution in [0, 0.1) is 0 Å². The minimum atomic E-state index is -4.61. The van der Waals surface area contributed by atoms with Crippen LogP contribution in [0.4, 0.5) is 0 Å². The maximum Gasteiger partial charge on any atom is 0.524 e. The molecule has 0 fully saturated rings. The summed E-state index contributed by atoms with van der Waals surface area (Å²) in [5, 5.41) is 0. The largest absolute Gasteiger partial charge is 0.524 e. The Kier molecular flexibility index (Phi) is 5.20. The maximum atomic E-state index is 11.4. The first-order valence-corrected chi connectivity index (χ1v) is 9.40. The molecule has 0 bridgehead atoms. The highest BCUT2D eigenvalue weighted by atomic mass is 31.2. The molecular weight excluding hydrogens is 311 g/mol. The van der Waals surface area contributed by atoms with Crippen molar-refractivity contribution in [1.29, 1.82) is 0 Å². The molecule has 1 aromatic rings. The van der Waals surface area contributed by atoms with Crippen LogP contribution in [0.2, 0.25) is 0 Å². The van der Waals surface area contributed by atoms with E-state index < -0.39 is 7.82 Å². The summed E-state index contributed by atoms with van der Waals surface area (Å²) >= 11 is 0. The summed E-state index contributed by atoms with van der Waals surface area (Å²) in [4.78, 5) is 18.5. The topological polar surface area (TPSA) is 66.8 Å². The van der Waals surface area contributed by atoms with Gasteiger partial charge in [-0.25, -0.2) is 4.57 Å². The molecule has 5 heteroatoms. The van der Waals surface area contributed by atoms with Crippen molar-refractivity contribution in [2.75, 3.05) is 0 Å². The van der Waals surface area contributed by atoms with Gasteiger partial charge in [0.05, 0.1) is 0 Å². The molecule has 0 heterocycles. The standard InChI is InChI=1S/C18H31O4P/c1-16(2,3)12-10-14(18(7,8)9)15(22-23(19,20)21)11-13(12)17(4,5)6/h10-11H,1-9H3,(H2,19,20,21). The van der Waals surface area contributed by atoms with Crippen molar-refractivity contribution < 1.29 is 18.9 Å². The van der Waals surface area contributed by atoms with Crippen molar-refractivity contribution in [2.24, 2.45) is 0 Å². The van der Waals surface area contributed by atoms with E-state index in [1.54, 1.807) is 6.07 Å². The van der Waals surface area contributed by atoms with Crippen molar-refractivity contribution in [2.45, 2.75) is 78.6 Å². The number of phosphoric ester groups is 1. The van der Waals surface area contributed by atoms with Gasteiger partial charge in [0.25, 0.3) is 0 Å². The molecule has 0 aliphatic carbocycles. The lowest BCUT2D eigenvalue weighted by atomic mass is 9.72. The zero-order valence-electron chi connectivity index (χ0n) is 15.8. The first-order chi connectivity index (χ1) is 9.93. The van der Waals surface area contributed by atoms with E-state index in [-0.39, 0.29) is 22.0 Å². The fourth-order valence-electron chi connectivity index (χ4n) is 2.61. The van der Waals surface area contributed by atoms with E-state index in [4.69, 9.17) is 4.52 Å². The quantitative estimate of drug-likeness (QED) is 0.738. The summed E-state index contributed by atoms with van der Waals surface area (Å²) in [6.07, 6.45) is 0. The molecule has 0 saturated heterocycles. The molecule has 2 N–H and O–H groups in total. The number of rotatable bonds is 2. The van der Waals surface area contributed by atoms with Crippen molar-refractivity contribution in [3.05, 3.63) is 28.8 Å². The van der Waals surface area contributed by atoms with Gasteiger partial charge in [-0.2, -0.15) is 0 Å². The van der Waals surface area contributed by atoms with E-state index in [1.807, 2.05) is 26.8 Å². The number of benzene rings is 1. The second kappa shape index (κ2) is 5.91. The van der Waals surface area contributed by atoms with E-state index in [0.717, 1.165) is 11.1 Å². The lowest BCUT2D eigenvalue weighted by molar-refractivity contribution is 0.280. The first-order valence-electron chi connectivity index (χ1n) is 7.87. The van der Waals surface area contributed by atoms with Gasteiger partial charge in [-0.3, -0.25) is 9.79 Å². The van der Waals surface area contributed by atoms with Gasteiger partial charge in [-0.15, -0.1) is 0 Å². The molecule has 0 saturated carbocycles. The summed E-state index contributed by atoms with van der Waals surface area (Å²) in [5.74, 6) is 0.267. The summed E-state index contributed by atoms with van der Waals surface area (Å²) in [5.41, 5.74) is 2.49. The maximum absolute atomic E-state index is 11.4. The Bertz CT molecular complexity index is 622. The van der Waals surface area contributed by atoms with Gasteiger partial charge in [-0.1, -0.05) is 68.4 Å². The summed E-state index contributed by atoms with van der Waals surface area (Å²) < 4.78 is 16.4. The number of hydrogen-bond donors (Lipinski definition) is 2. The monoisotopic (exact) mass is 342 g/mol. The summed E-state index contributed by atoms with van der Waals surface area (Å²) in [6.45, 7) is 18.8. The van der Waals surface area contributed by atoms with Gasteiger partial charge in [0.1, 0.15) is 5.75 Å². The van der Waals surface area contributed by atoms with Gasteiger partial charge >= 0.3 is 7.82 Å². The second-order valence-electron chi connectivity index (χ2n) is 9.23. The highest BCUT2D eigenvalue weighted by Crippen LogP contribution is 2.46. The Morgan fingerprint density at radius 2 is 1.09 bits per heavy atom. The van der Waals surface area contributed by atoms with Crippen LogP contribution >= 0.6 is 7.82 Å². The Labute approximate surface area is 140 Å². The molecule has 0 amide bonds. The average Bonchev–Trinajstić information content (AvgIpc) is 2.21. The fourth-order valence-corrected chi connectivity index (χ4v) is 3.02. The molecule has 0 spiro atoms. The lowest BCUT2D eigenvalue weighted by Crippen LogP contribution is -2.24. The molecule has 4 nitrogen and oxygen atoms in total. The predicted octanol–water partition coefficient (Wildman–Crippen LogP) is 5.05. The Hall–Kier alpha value is -0.830.